The van der Waals surface area contributed by atoms with E-state index in [-0.39, 0.29) is 0 Å². The fourth-order valence-corrected chi connectivity index (χ4v) is 1.41. The van der Waals surface area contributed by atoms with Crippen molar-refractivity contribution < 1.29 is 5.11 Å². The third-order valence-corrected chi connectivity index (χ3v) is 2.29. The van der Waals surface area contributed by atoms with Gasteiger partial charge in [0.05, 0.1) is 0 Å². The van der Waals surface area contributed by atoms with Gasteiger partial charge in [-0.3, -0.25) is 0 Å². The SMILES string of the molecule is Cc1cccc(C(O)C(Cl)(Cl)Cl)c1. The van der Waals surface area contributed by atoms with Gasteiger partial charge in [0.25, 0.3) is 0 Å². The van der Waals surface area contributed by atoms with Crippen molar-refractivity contribution in [3.05, 3.63) is 35.4 Å². The van der Waals surface area contributed by atoms with E-state index in [1.54, 1.807) is 12.1 Å². The highest BCUT2D eigenvalue weighted by atomic mass is 35.6. The lowest BCUT2D eigenvalue weighted by Gasteiger charge is -2.19. The fourth-order valence-electron chi connectivity index (χ4n) is 1.03. The zero-order valence-corrected chi connectivity index (χ0v) is 9.24. The van der Waals surface area contributed by atoms with Crippen LogP contribution < -0.4 is 0 Å². The first kappa shape index (κ1) is 11.1. The molecule has 0 saturated heterocycles. The maximum atomic E-state index is 9.59. The van der Waals surface area contributed by atoms with E-state index < -0.39 is 9.90 Å². The Morgan fingerprint density at radius 3 is 2.38 bits per heavy atom. The Hall–Kier alpha value is 0.0500. The molecule has 0 aliphatic carbocycles. The molecule has 0 fully saturated rings. The lowest BCUT2D eigenvalue weighted by molar-refractivity contribution is 0.182. The number of hydrogen-bond acceptors (Lipinski definition) is 1. The van der Waals surface area contributed by atoms with Crippen molar-refractivity contribution in [3.63, 3.8) is 0 Å². The van der Waals surface area contributed by atoms with Crippen LogP contribution in [0.2, 0.25) is 0 Å². The average Bonchev–Trinajstić information content (AvgIpc) is 2.01. The number of aliphatic hydroxyl groups excluding tert-OH is 1. The predicted octanol–water partition coefficient (Wildman–Crippen LogP) is 3.40. The van der Waals surface area contributed by atoms with Crippen LogP contribution in [-0.2, 0) is 0 Å². The maximum absolute atomic E-state index is 9.59. The summed E-state index contributed by atoms with van der Waals surface area (Å²) >= 11 is 16.7. The van der Waals surface area contributed by atoms with Crippen LogP contribution in [0.25, 0.3) is 0 Å². The van der Waals surface area contributed by atoms with Gasteiger partial charge in [-0.15, -0.1) is 0 Å². The molecule has 0 bridgehead atoms. The molecule has 1 rings (SSSR count). The lowest BCUT2D eigenvalue weighted by Crippen LogP contribution is -2.16. The fraction of sp³-hybridized carbons (Fsp3) is 0.333. The number of hydrogen-bond donors (Lipinski definition) is 1. The van der Waals surface area contributed by atoms with Crippen molar-refractivity contribution in [3.8, 4) is 0 Å². The highest BCUT2D eigenvalue weighted by Crippen LogP contribution is 2.39. The topological polar surface area (TPSA) is 20.2 Å². The van der Waals surface area contributed by atoms with Crippen molar-refractivity contribution in [1.29, 1.82) is 0 Å². The Kier molecular flexibility index (Phi) is 3.47. The van der Waals surface area contributed by atoms with Gasteiger partial charge in [-0.25, -0.2) is 0 Å². The highest BCUT2D eigenvalue weighted by molar-refractivity contribution is 6.68. The second-order valence-corrected chi connectivity index (χ2v) is 5.23. The molecule has 0 radical (unpaired) electrons. The van der Waals surface area contributed by atoms with Crippen LogP contribution in [0.15, 0.2) is 24.3 Å². The minimum absolute atomic E-state index is 0.611. The molecule has 1 nitrogen and oxygen atoms in total. The largest absolute Gasteiger partial charge is 0.384 e. The molecule has 0 amide bonds. The number of alkyl halides is 3. The van der Waals surface area contributed by atoms with Gasteiger partial charge >= 0.3 is 0 Å². The molecule has 1 aromatic rings. The van der Waals surface area contributed by atoms with Crippen LogP contribution in [0.4, 0.5) is 0 Å². The van der Waals surface area contributed by atoms with Gasteiger partial charge in [0.2, 0.25) is 3.79 Å². The Morgan fingerprint density at radius 1 is 1.31 bits per heavy atom. The average molecular weight is 240 g/mol. The quantitative estimate of drug-likeness (QED) is 0.745. The van der Waals surface area contributed by atoms with Crippen LogP contribution in [0, 0.1) is 6.92 Å². The van der Waals surface area contributed by atoms with Crippen LogP contribution in [0.3, 0.4) is 0 Å². The summed E-state index contributed by atoms with van der Waals surface area (Å²) in [4.78, 5) is 0. The number of benzene rings is 1. The molecule has 13 heavy (non-hydrogen) atoms. The normalized spacial score (nSPS) is 14.2. The summed E-state index contributed by atoms with van der Waals surface area (Å²) in [5.74, 6) is 0. The van der Waals surface area contributed by atoms with E-state index in [9.17, 15) is 5.11 Å². The number of aryl methyl sites for hydroxylation is 1. The molecule has 0 aromatic heterocycles. The summed E-state index contributed by atoms with van der Waals surface area (Å²) in [5.41, 5.74) is 1.63. The van der Waals surface area contributed by atoms with Crippen molar-refractivity contribution in [2.75, 3.05) is 0 Å². The molecule has 1 N–H and O–H groups in total. The molecule has 0 saturated carbocycles. The summed E-state index contributed by atoms with van der Waals surface area (Å²) in [7, 11) is 0. The van der Waals surface area contributed by atoms with Crippen LogP contribution in [0.1, 0.15) is 17.2 Å². The van der Waals surface area contributed by atoms with Crippen molar-refractivity contribution in [1.82, 2.24) is 0 Å². The summed E-state index contributed by atoms with van der Waals surface area (Å²) in [5, 5.41) is 9.59. The first-order chi connectivity index (χ1) is 5.91. The molecular formula is C9H9Cl3O. The summed E-state index contributed by atoms with van der Waals surface area (Å²) < 4.78 is -1.67. The van der Waals surface area contributed by atoms with Gasteiger partial charge < -0.3 is 5.11 Å². The predicted molar refractivity (Wildman–Crippen MR) is 56.4 cm³/mol. The molecule has 72 valence electrons. The Labute approximate surface area is 92.2 Å². The van der Waals surface area contributed by atoms with Gasteiger partial charge in [-0.2, -0.15) is 0 Å². The van der Waals surface area contributed by atoms with E-state index >= 15 is 0 Å². The molecule has 1 unspecified atom stereocenters. The summed E-state index contributed by atoms with van der Waals surface area (Å²) in [6.45, 7) is 1.91. The van der Waals surface area contributed by atoms with Crippen molar-refractivity contribution in [2.45, 2.75) is 16.8 Å². The van der Waals surface area contributed by atoms with E-state index in [1.807, 2.05) is 19.1 Å². The molecule has 0 heterocycles. The molecular weight excluding hydrogens is 230 g/mol. The third kappa shape index (κ3) is 3.03. The van der Waals surface area contributed by atoms with E-state index in [0.717, 1.165) is 5.56 Å². The van der Waals surface area contributed by atoms with E-state index in [1.165, 1.54) is 0 Å². The van der Waals surface area contributed by atoms with Gasteiger partial charge in [0.1, 0.15) is 6.10 Å². The molecule has 0 spiro atoms. The highest BCUT2D eigenvalue weighted by Gasteiger charge is 2.31. The van der Waals surface area contributed by atoms with Crippen LogP contribution in [0.5, 0.6) is 0 Å². The molecule has 1 atom stereocenters. The van der Waals surface area contributed by atoms with E-state index in [0.29, 0.717) is 5.56 Å². The van der Waals surface area contributed by atoms with Gasteiger partial charge in [-0.05, 0) is 12.5 Å². The first-order valence-electron chi connectivity index (χ1n) is 3.72. The molecule has 0 aliphatic rings. The number of halogens is 3. The maximum Gasteiger partial charge on any atom is 0.220 e. The second kappa shape index (κ2) is 4.05. The standard InChI is InChI=1S/C9H9Cl3O/c1-6-3-2-4-7(5-6)8(13)9(10,11)12/h2-5,8,13H,1H3. The van der Waals surface area contributed by atoms with Crippen molar-refractivity contribution >= 4 is 34.8 Å². The summed E-state index contributed by atoms with van der Waals surface area (Å²) in [6.07, 6.45) is -1.09. The lowest BCUT2D eigenvalue weighted by atomic mass is 10.1. The van der Waals surface area contributed by atoms with Gasteiger partial charge in [-0.1, -0.05) is 64.6 Å². The Balaban J connectivity index is 2.96. The molecule has 1 aromatic carbocycles. The van der Waals surface area contributed by atoms with E-state index in [4.69, 9.17) is 34.8 Å². The smallest absolute Gasteiger partial charge is 0.220 e. The molecule has 0 aliphatic heterocycles. The van der Waals surface area contributed by atoms with E-state index in [2.05, 4.69) is 0 Å². The molecule has 4 heteroatoms. The second-order valence-electron chi connectivity index (χ2n) is 2.86. The Bertz CT molecular complexity index is 293. The van der Waals surface area contributed by atoms with Gasteiger partial charge in [0, 0.05) is 0 Å². The van der Waals surface area contributed by atoms with Gasteiger partial charge in [0.15, 0.2) is 0 Å². The van der Waals surface area contributed by atoms with Crippen molar-refractivity contribution in [2.24, 2.45) is 0 Å². The zero-order valence-electron chi connectivity index (χ0n) is 6.97. The number of rotatable bonds is 1. The Morgan fingerprint density at radius 2 is 1.92 bits per heavy atom. The minimum atomic E-state index is -1.67. The number of aliphatic hydroxyl groups is 1. The summed E-state index contributed by atoms with van der Waals surface area (Å²) in [6, 6.07) is 7.23. The monoisotopic (exact) mass is 238 g/mol. The minimum Gasteiger partial charge on any atom is -0.384 e. The van der Waals surface area contributed by atoms with Crippen LogP contribution in [-0.4, -0.2) is 8.90 Å². The third-order valence-electron chi connectivity index (χ3n) is 1.67. The zero-order chi connectivity index (χ0) is 10.1. The first-order valence-corrected chi connectivity index (χ1v) is 4.86. The van der Waals surface area contributed by atoms with Crippen LogP contribution >= 0.6 is 34.8 Å².